The van der Waals surface area contributed by atoms with Crippen LogP contribution < -0.4 is 4.90 Å². The molecule has 31 heavy (non-hydrogen) atoms. The van der Waals surface area contributed by atoms with Crippen molar-refractivity contribution in [3.8, 4) is 11.3 Å². The van der Waals surface area contributed by atoms with Crippen molar-refractivity contribution >= 4 is 17.6 Å². The van der Waals surface area contributed by atoms with Gasteiger partial charge in [-0.3, -0.25) is 9.59 Å². The molecule has 1 fully saturated rings. The summed E-state index contributed by atoms with van der Waals surface area (Å²) in [7, 11) is 0. The fourth-order valence-corrected chi connectivity index (χ4v) is 3.71. The summed E-state index contributed by atoms with van der Waals surface area (Å²) in [5.41, 5.74) is 1.49. The lowest BCUT2D eigenvalue weighted by Crippen LogP contribution is -2.46. The Balaban J connectivity index is 1.61. The SMILES string of the molecule is CCC(C)N(CC(=O)N1CCCN(c2ccc(-c3ccc(F)cc3)nn2)CC1)C(C)=O. The number of anilines is 1. The lowest BCUT2D eigenvalue weighted by Gasteiger charge is -2.30. The van der Waals surface area contributed by atoms with Crippen LogP contribution in [0.25, 0.3) is 11.3 Å². The van der Waals surface area contributed by atoms with E-state index < -0.39 is 0 Å². The van der Waals surface area contributed by atoms with Crippen LogP contribution in [0, 0.1) is 5.82 Å². The Labute approximate surface area is 182 Å². The highest BCUT2D eigenvalue weighted by Crippen LogP contribution is 2.20. The molecule has 0 saturated carbocycles. The fraction of sp³-hybridized carbons (Fsp3) is 0.478. The summed E-state index contributed by atoms with van der Waals surface area (Å²) < 4.78 is 13.1. The van der Waals surface area contributed by atoms with Gasteiger partial charge in [-0.05, 0) is 56.2 Å². The molecule has 0 spiro atoms. The molecule has 1 unspecified atom stereocenters. The molecule has 1 atom stereocenters. The van der Waals surface area contributed by atoms with Crippen molar-refractivity contribution in [1.29, 1.82) is 0 Å². The van der Waals surface area contributed by atoms with Crippen molar-refractivity contribution in [1.82, 2.24) is 20.0 Å². The first-order chi connectivity index (χ1) is 14.9. The van der Waals surface area contributed by atoms with E-state index in [1.807, 2.05) is 30.9 Å². The van der Waals surface area contributed by atoms with Crippen molar-refractivity contribution in [2.24, 2.45) is 0 Å². The number of carbonyl (C=O) groups excluding carboxylic acids is 2. The second-order valence-corrected chi connectivity index (χ2v) is 7.91. The van der Waals surface area contributed by atoms with Crippen LogP contribution in [-0.4, -0.2) is 70.6 Å². The molecule has 1 aromatic carbocycles. The van der Waals surface area contributed by atoms with Crippen molar-refractivity contribution in [2.45, 2.75) is 39.7 Å². The van der Waals surface area contributed by atoms with Crippen LogP contribution in [0.15, 0.2) is 36.4 Å². The summed E-state index contributed by atoms with van der Waals surface area (Å²) in [6.07, 6.45) is 1.63. The third-order valence-electron chi connectivity index (χ3n) is 5.80. The average Bonchev–Trinajstić information content (AvgIpc) is 3.04. The quantitative estimate of drug-likeness (QED) is 0.709. The Bertz CT molecular complexity index is 888. The van der Waals surface area contributed by atoms with Gasteiger partial charge in [0.15, 0.2) is 5.82 Å². The van der Waals surface area contributed by atoms with Gasteiger partial charge >= 0.3 is 0 Å². The topological polar surface area (TPSA) is 69.6 Å². The minimum atomic E-state index is -0.285. The third kappa shape index (κ3) is 5.77. The molecule has 0 radical (unpaired) electrons. The first kappa shape index (κ1) is 22.7. The summed E-state index contributed by atoms with van der Waals surface area (Å²) >= 11 is 0. The van der Waals surface area contributed by atoms with Crippen molar-refractivity contribution in [2.75, 3.05) is 37.6 Å². The van der Waals surface area contributed by atoms with E-state index in [0.29, 0.717) is 25.3 Å². The number of aromatic nitrogens is 2. The molecular weight excluding hydrogens is 397 g/mol. The molecule has 8 heteroatoms. The smallest absolute Gasteiger partial charge is 0.242 e. The molecule has 7 nitrogen and oxygen atoms in total. The molecule has 0 bridgehead atoms. The summed E-state index contributed by atoms with van der Waals surface area (Å²) in [5.74, 6) is 0.378. The number of rotatable bonds is 6. The van der Waals surface area contributed by atoms with Crippen molar-refractivity contribution < 1.29 is 14.0 Å². The van der Waals surface area contributed by atoms with Crippen LogP contribution in [0.4, 0.5) is 10.2 Å². The molecular formula is C23H30FN5O2. The van der Waals surface area contributed by atoms with Gasteiger partial charge in [-0.15, -0.1) is 10.2 Å². The van der Waals surface area contributed by atoms with Crippen LogP contribution in [0.1, 0.15) is 33.6 Å². The zero-order valence-corrected chi connectivity index (χ0v) is 18.4. The maximum absolute atomic E-state index is 13.1. The summed E-state index contributed by atoms with van der Waals surface area (Å²) in [5, 5.41) is 8.63. The van der Waals surface area contributed by atoms with E-state index in [0.717, 1.165) is 30.8 Å². The van der Waals surface area contributed by atoms with Crippen LogP contribution in [-0.2, 0) is 9.59 Å². The van der Waals surface area contributed by atoms with Gasteiger partial charge in [0.2, 0.25) is 11.8 Å². The normalized spacial score (nSPS) is 15.4. The Morgan fingerprint density at radius 3 is 2.42 bits per heavy atom. The van der Waals surface area contributed by atoms with Crippen molar-refractivity contribution in [3.05, 3.63) is 42.2 Å². The van der Waals surface area contributed by atoms with Gasteiger partial charge in [0, 0.05) is 44.7 Å². The van der Waals surface area contributed by atoms with Crippen LogP contribution in [0.5, 0.6) is 0 Å². The molecule has 1 aliphatic rings. The Hall–Kier alpha value is -3.03. The fourth-order valence-electron chi connectivity index (χ4n) is 3.71. The van der Waals surface area contributed by atoms with E-state index in [4.69, 9.17) is 0 Å². The standard InChI is InChI=1S/C23H30FN5O2/c1-4-17(2)29(18(3)30)16-23(31)28-13-5-12-27(14-15-28)22-11-10-21(25-26-22)19-6-8-20(24)9-7-19/h6-11,17H,4-5,12-16H2,1-3H3. The first-order valence-electron chi connectivity index (χ1n) is 10.8. The highest BCUT2D eigenvalue weighted by Gasteiger charge is 2.24. The molecule has 2 aromatic rings. The average molecular weight is 428 g/mol. The predicted molar refractivity (Wildman–Crippen MR) is 118 cm³/mol. The van der Waals surface area contributed by atoms with Gasteiger partial charge in [0.1, 0.15) is 5.82 Å². The van der Waals surface area contributed by atoms with E-state index in [9.17, 15) is 14.0 Å². The number of nitrogens with zero attached hydrogens (tertiary/aromatic N) is 5. The second kappa shape index (κ2) is 10.3. The highest BCUT2D eigenvalue weighted by atomic mass is 19.1. The molecule has 2 amide bonds. The number of halogens is 1. The van der Waals surface area contributed by atoms with Gasteiger partial charge in [0.25, 0.3) is 0 Å². The van der Waals surface area contributed by atoms with Crippen molar-refractivity contribution in [3.63, 3.8) is 0 Å². The molecule has 2 heterocycles. The lowest BCUT2D eigenvalue weighted by atomic mass is 10.1. The minimum absolute atomic E-state index is 0.0184. The number of hydrogen-bond donors (Lipinski definition) is 0. The van der Waals surface area contributed by atoms with Gasteiger partial charge in [-0.1, -0.05) is 6.92 Å². The van der Waals surface area contributed by atoms with Gasteiger partial charge in [0.05, 0.1) is 12.2 Å². The number of carbonyl (C=O) groups is 2. The van der Waals surface area contributed by atoms with E-state index in [1.54, 1.807) is 17.0 Å². The Morgan fingerprint density at radius 1 is 1.06 bits per heavy atom. The zero-order valence-electron chi connectivity index (χ0n) is 18.4. The molecule has 0 N–H and O–H groups in total. The number of hydrogen-bond acceptors (Lipinski definition) is 5. The molecule has 1 saturated heterocycles. The summed E-state index contributed by atoms with van der Waals surface area (Å²) in [6.45, 7) is 8.27. The van der Waals surface area contributed by atoms with Crippen LogP contribution >= 0.6 is 0 Å². The predicted octanol–water partition coefficient (Wildman–Crippen LogP) is 2.97. The first-order valence-corrected chi connectivity index (χ1v) is 10.8. The maximum atomic E-state index is 13.1. The van der Waals surface area contributed by atoms with Crippen LogP contribution in [0.2, 0.25) is 0 Å². The molecule has 3 rings (SSSR count). The third-order valence-corrected chi connectivity index (χ3v) is 5.80. The minimum Gasteiger partial charge on any atom is -0.353 e. The van der Waals surface area contributed by atoms with E-state index in [-0.39, 0.29) is 30.2 Å². The highest BCUT2D eigenvalue weighted by molar-refractivity contribution is 5.84. The van der Waals surface area contributed by atoms with Gasteiger partial charge < -0.3 is 14.7 Å². The zero-order chi connectivity index (χ0) is 22.4. The summed E-state index contributed by atoms with van der Waals surface area (Å²) in [4.78, 5) is 30.3. The molecule has 166 valence electrons. The second-order valence-electron chi connectivity index (χ2n) is 7.91. The monoisotopic (exact) mass is 427 g/mol. The number of benzene rings is 1. The lowest BCUT2D eigenvalue weighted by molar-refractivity contribution is -0.141. The van der Waals surface area contributed by atoms with Gasteiger partial charge in [-0.25, -0.2) is 4.39 Å². The largest absolute Gasteiger partial charge is 0.353 e. The Kier molecular flexibility index (Phi) is 7.55. The van der Waals surface area contributed by atoms with Gasteiger partial charge in [-0.2, -0.15) is 0 Å². The van der Waals surface area contributed by atoms with E-state index in [2.05, 4.69) is 15.1 Å². The Morgan fingerprint density at radius 2 is 1.81 bits per heavy atom. The summed E-state index contributed by atoms with van der Waals surface area (Å²) in [6, 6.07) is 9.99. The maximum Gasteiger partial charge on any atom is 0.242 e. The van der Waals surface area contributed by atoms with E-state index >= 15 is 0 Å². The number of amides is 2. The van der Waals surface area contributed by atoms with E-state index in [1.165, 1.54) is 19.1 Å². The molecule has 1 aromatic heterocycles. The molecule has 0 aliphatic carbocycles. The van der Waals surface area contributed by atoms with Crippen LogP contribution in [0.3, 0.4) is 0 Å². The molecule has 1 aliphatic heterocycles.